The molecule has 0 saturated carbocycles. The lowest BCUT2D eigenvalue weighted by Crippen LogP contribution is -2.37. The van der Waals surface area contributed by atoms with Crippen molar-refractivity contribution in [3.05, 3.63) is 28.8 Å². The van der Waals surface area contributed by atoms with E-state index in [0.29, 0.717) is 11.1 Å². The fourth-order valence-electron chi connectivity index (χ4n) is 2.66. The van der Waals surface area contributed by atoms with Crippen molar-refractivity contribution in [3.8, 4) is 0 Å². The summed E-state index contributed by atoms with van der Waals surface area (Å²) in [6.45, 7) is 3.22. The summed E-state index contributed by atoms with van der Waals surface area (Å²) in [7, 11) is 4.26. The molecule has 2 N–H and O–H groups in total. The second-order valence-corrected chi connectivity index (χ2v) is 5.81. The van der Waals surface area contributed by atoms with Gasteiger partial charge in [0.05, 0.1) is 0 Å². The van der Waals surface area contributed by atoms with Crippen molar-refractivity contribution in [2.24, 2.45) is 0 Å². The van der Waals surface area contributed by atoms with Crippen LogP contribution in [0, 0.1) is 0 Å². The Balaban J connectivity index is 2.03. The van der Waals surface area contributed by atoms with Crippen LogP contribution in [-0.2, 0) is 6.54 Å². The van der Waals surface area contributed by atoms with Crippen LogP contribution in [0.25, 0.3) is 0 Å². The van der Waals surface area contributed by atoms with Crippen LogP contribution in [0.1, 0.15) is 18.4 Å². The Hall–Kier alpha value is -0.770. The van der Waals surface area contributed by atoms with Crippen LogP contribution in [0.5, 0.6) is 0 Å². The number of nitrogens with zero attached hydrogens (tertiary/aromatic N) is 2. The first-order valence-electron chi connectivity index (χ1n) is 6.49. The van der Waals surface area contributed by atoms with Crippen LogP contribution in [0.4, 0.5) is 5.69 Å². The van der Waals surface area contributed by atoms with E-state index in [1.54, 1.807) is 0 Å². The largest absolute Gasteiger partial charge is 0.398 e. The van der Waals surface area contributed by atoms with Gasteiger partial charge in [0, 0.05) is 29.8 Å². The summed E-state index contributed by atoms with van der Waals surface area (Å²) in [5, 5.41) is 0.711. The smallest absolute Gasteiger partial charge is 0.0426 e. The van der Waals surface area contributed by atoms with E-state index in [1.807, 2.05) is 18.2 Å². The molecule has 4 heteroatoms. The number of halogens is 1. The van der Waals surface area contributed by atoms with Crippen molar-refractivity contribution < 1.29 is 0 Å². The van der Waals surface area contributed by atoms with E-state index < -0.39 is 0 Å². The molecule has 0 bridgehead atoms. The molecule has 1 saturated heterocycles. The lowest BCUT2D eigenvalue weighted by Gasteiger charge is -2.27. The van der Waals surface area contributed by atoms with Gasteiger partial charge in [0.25, 0.3) is 0 Å². The van der Waals surface area contributed by atoms with Crippen molar-refractivity contribution in [3.63, 3.8) is 0 Å². The number of benzene rings is 1. The number of hydrogen-bond donors (Lipinski definition) is 1. The van der Waals surface area contributed by atoms with E-state index >= 15 is 0 Å². The molecule has 0 radical (unpaired) electrons. The SMILES string of the molecule is CN(C)CC1CCCN1Cc1ccc(Cl)cc1N. The Morgan fingerprint density at radius 2 is 2.22 bits per heavy atom. The first-order valence-corrected chi connectivity index (χ1v) is 6.87. The normalized spacial score (nSPS) is 20.8. The Morgan fingerprint density at radius 1 is 1.44 bits per heavy atom. The van der Waals surface area contributed by atoms with E-state index in [4.69, 9.17) is 17.3 Å². The molecule has 1 atom stereocenters. The van der Waals surface area contributed by atoms with Gasteiger partial charge in [0.15, 0.2) is 0 Å². The molecule has 100 valence electrons. The second-order valence-electron chi connectivity index (χ2n) is 5.37. The van der Waals surface area contributed by atoms with Crippen LogP contribution in [0.15, 0.2) is 18.2 Å². The number of hydrogen-bond acceptors (Lipinski definition) is 3. The van der Waals surface area contributed by atoms with Crippen LogP contribution >= 0.6 is 11.6 Å². The van der Waals surface area contributed by atoms with Gasteiger partial charge in [-0.2, -0.15) is 0 Å². The highest BCUT2D eigenvalue weighted by molar-refractivity contribution is 6.30. The molecule has 0 spiro atoms. The minimum Gasteiger partial charge on any atom is -0.398 e. The molecule has 1 aromatic rings. The number of likely N-dealkylation sites (tertiary alicyclic amines) is 1. The Bertz CT molecular complexity index is 406. The highest BCUT2D eigenvalue weighted by Gasteiger charge is 2.25. The maximum Gasteiger partial charge on any atom is 0.0426 e. The van der Waals surface area contributed by atoms with Gasteiger partial charge < -0.3 is 10.6 Å². The fourth-order valence-corrected chi connectivity index (χ4v) is 2.84. The van der Waals surface area contributed by atoms with Gasteiger partial charge in [-0.25, -0.2) is 0 Å². The van der Waals surface area contributed by atoms with Gasteiger partial charge in [0.1, 0.15) is 0 Å². The average Bonchev–Trinajstić information content (AvgIpc) is 2.69. The molecule has 0 aliphatic carbocycles. The predicted octanol–water partition coefficient (Wildman–Crippen LogP) is 2.45. The standard InChI is InChI=1S/C14H22ClN3/c1-17(2)10-13-4-3-7-18(13)9-11-5-6-12(15)8-14(11)16/h5-6,8,13H,3-4,7,9-10,16H2,1-2H3. The molecular formula is C14H22ClN3. The molecule has 1 fully saturated rings. The predicted molar refractivity (Wildman–Crippen MR) is 77.9 cm³/mol. The van der Waals surface area contributed by atoms with E-state index in [1.165, 1.54) is 24.9 Å². The van der Waals surface area contributed by atoms with E-state index in [-0.39, 0.29) is 0 Å². The molecule has 0 amide bonds. The summed E-state index contributed by atoms with van der Waals surface area (Å²) < 4.78 is 0. The Morgan fingerprint density at radius 3 is 2.89 bits per heavy atom. The molecule has 1 heterocycles. The van der Waals surface area contributed by atoms with Crippen molar-refractivity contribution in [1.29, 1.82) is 0 Å². The molecule has 2 rings (SSSR count). The minimum absolute atomic E-state index is 0.648. The first-order chi connectivity index (χ1) is 8.56. The zero-order valence-corrected chi connectivity index (χ0v) is 12.0. The van der Waals surface area contributed by atoms with Crippen LogP contribution < -0.4 is 5.73 Å². The summed E-state index contributed by atoms with van der Waals surface area (Å²) in [6, 6.07) is 6.45. The van der Waals surface area contributed by atoms with E-state index in [9.17, 15) is 0 Å². The highest BCUT2D eigenvalue weighted by atomic mass is 35.5. The highest BCUT2D eigenvalue weighted by Crippen LogP contribution is 2.24. The van der Waals surface area contributed by atoms with Crippen molar-refractivity contribution in [1.82, 2.24) is 9.80 Å². The van der Waals surface area contributed by atoms with Crippen molar-refractivity contribution >= 4 is 17.3 Å². The second kappa shape index (κ2) is 5.91. The molecule has 18 heavy (non-hydrogen) atoms. The van der Waals surface area contributed by atoms with Gasteiger partial charge in [-0.05, 0) is 51.2 Å². The number of nitrogens with two attached hydrogens (primary N) is 1. The third-order valence-electron chi connectivity index (χ3n) is 3.56. The molecule has 3 nitrogen and oxygen atoms in total. The Labute approximate surface area is 115 Å². The maximum absolute atomic E-state index is 6.02. The van der Waals surface area contributed by atoms with Gasteiger partial charge >= 0.3 is 0 Å². The quantitative estimate of drug-likeness (QED) is 0.851. The van der Waals surface area contributed by atoms with Crippen LogP contribution in [-0.4, -0.2) is 43.0 Å². The van der Waals surface area contributed by atoms with Crippen molar-refractivity contribution in [2.75, 3.05) is 32.9 Å². The summed E-state index contributed by atoms with van der Waals surface area (Å²) in [6.07, 6.45) is 2.57. The average molecular weight is 268 g/mol. The van der Waals surface area contributed by atoms with Crippen LogP contribution in [0.3, 0.4) is 0 Å². The van der Waals surface area contributed by atoms with E-state index in [2.05, 4.69) is 23.9 Å². The van der Waals surface area contributed by atoms with Crippen molar-refractivity contribution in [2.45, 2.75) is 25.4 Å². The monoisotopic (exact) mass is 267 g/mol. The zero-order valence-electron chi connectivity index (χ0n) is 11.2. The first kappa shape index (κ1) is 13.7. The van der Waals surface area contributed by atoms with Crippen LogP contribution in [0.2, 0.25) is 5.02 Å². The summed E-state index contributed by atoms with van der Waals surface area (Å²) in [5.41, 5.74) is 8.01. The number of anilines is 1. The lowest BCUT2D eigenvalue weighted by molar-refractivity contribution is 0.201. The number of likely N-dealkylation sites (N-methyl/N-ethyl adjacent to an activating group) is 1. The van der Waals surface area contributed by atoms with Gasteiger partial charge in [-0.1, -0.05) is 17.7 Å². The number of rotatable bonds is 4. The summed E-state index contributed by atoms with van der Waals surface area (Å²) in [4.78, 5) is 4.79. The third-order valence-corrected chi connectivity index (χ3v) is 3.79. The molecular weight excluding hydrogens is 246 g/mol. The lowest BCUT2D eigenvalue weighted by atomic mass is 10.1. The van der Waals surface area contributed by atoms with Gasteiger partial charge in [-0.3, -0.25) is 4.90 Å². The van der Waals surface area contributed by atoms with E-state index in [0.717, 1.165) is 18.8 Å². The number of nitrogen functional groups attached to an aromatic ring is 1. The zero-order chi connectivity index (χ0) is 13.1. The maximum atomic E-state index is 6.02. The molecule has 1 unspecified atom stereocenters. The molecule has 1 aliphatic rings. The Kier molecular flexibility index (Phi) is 4.49. The summed E-state index contributed by atoms with van der Waals surface area (Å²) in [5.74, 6) is 0. The molecule has 0 aromatic heterocycles. The summed E-state index contributed by atoms with van der Waals surface area (Å²) >= 11 is 5.93. The topological polar surface area (TPSA) is 32.5 Å². The van der Waals surface area contributed by atoms with Gasteiger partial charge in [-0.15, -0.1) is 0 Å². The van der Waals surface area contributed by atoms with Gasteiger partial charge in [0.2, 0.25) is 0 Å². The molecule has 1 aromatic carbocycles. The fraction of sp³-hybridized carbons (Fsp3) is 0.571. The minimum atomic E-state index is 0.648. The third kappa shape index (κ3) is 3.37. The molecule has 1 aliphatic heterocycles.